The van der Waals surface area contributed by atoms with Gasteiger partial charge in [-0.15, -0.1) is 0 Å². The molecule has 3 heterocycles. The van der Waals surface area contributed by atoms with Crippen molar-refractivity contribution in [2.24, 2.45) is 0 Å². The molecule has 0 radical (unpaired) electrons. The summed E-state index contributed by atoms with van der Waals surface area (Å²) in [6.45, 7) is 7.81. The molecule has 3 aliphatic heterocycles. The van der Waals surface area contributed by atoms with Gasteiger partial charge in [-0.05, 0) is 39.8 Å². The van der Waals surface area contributed by atoms with E-state index >= 15 is 0 Å². The molecule has 3 fully saturated rings. The number of hydrogen-bond acceptors (Lipinski definition) is 6. The summed E-state index contributed by atoms with van der Waals surface area (Å²) >= 11 is 0. The van der Waals surface area contributed by atoms with Gasteiger partial charge in [-0.1, -0.05) is 18.2 Å². The van der Waals surface area contributed by atoms with E-state index in [1.54, 1.807) is 0 Å². The summed E-state index contributed by atoms with van der Waals surface area (Å²) in [4.78, 5) is 0.705. The smallest absolute Gasteiger partial charge is 0.166 e. The van der Waals surface area contributed by atoms with E-state index < -0.39 is 33.9 Å². The maximum absolute atomic E-state index is 13.1. The number of hydrogen-bond donors (Lipinski definition) is 0. The average molecular weight is 368 g/mol. The zero-order valence-electron chi connectivity index (χ0n) is 14.8. The first-order valence-electron chi connectivity index (χ1n) is 8.54. The molecule has 0 aromatic heterocycles. The Morgan fingerprint density at radius 1 is 0.920 bits per heavy atom. The molecule has 4 rings (SSSR count). The van der Waals surface area contributed by atoms with Crippen LogP contribution in [0.25, 0.3) is 0 Å². The van der Waals surface area contributed by atoms with E-state index in [9.17, 15) is 4.21 Å². The van der Waals surface area contributed by atoms with E-state index in [0.717, 1.165) is 0 Å². The summed E-state index contributed by atoms with van der Waals surface area (Å²) in [5.41, 5.74) is -0.635. The van der Waals surface area contributed by atoms with Crippen LogP contribution in [0, 0.1) is 0 Å². The third kappa shape index (κ3) is 3.29. The molecule has 6 atom stereocenters. The minimum atomic E-state index is -1.39. The van der Waals surface area contributed by atoms with Crippen molar-refractivity contribution in [1.29, 1.82) is 0 Å². The first-order valence-corrected chi connectivity index (χ1v) is 9.76. The molecule has 7 heteroatoms. The minimum Gasteiger partial charge on any atom is -0.353 e. The highest BCUT2D eigenvalue weighted by atomic mass is 32.2. The number of benzene rings is 1. The largest absolute Gasteiger partial charge is 0.353 e. The molecule has 3 saturated heterocycles. The van der Waals surface area contributed by atoms with Crippen LogP contribution >= 0.6 is 0 Å². The second-order valence-corrected chi connectivity index (χ2v) is 9.04. The molecule has 1 unspecified atom stereocenters. The van der Waals surface area contributed by atoms with Crippen LogP contribution in [-0.4, -0.2) is 52.2 Å². The summed E-state index contributed by atoms with van der Waals surface area (Å²) in [5, 5.41) is 0. The zero-order valence-corrected chi connectivity index (χ0v) is 15.7. The van der Waals surface area contributed by atoms with E-state index in [0.29, 0.717) is 11.5 Å². The molecule has 3 aliphatic rings. The fourth-order valence-electron chi connectivity index (χ4n) is 3.60. The first kappa shape index (κ1) is 17.6. The van der Waals surface area contributed by atoms with Gasteiger partial charge in [-0.25, -0.2) is 0 Å². The first-order chi connectivity index (χ1) is 11.8. The van der Waals surface area contributed by atoms with E-state index in [2.05, 4.69) is 0 Å². The Morgan fingerprint density at radius 3 is 2.28 bits per heavy atom. The Labute approximate surface area is 150 Å². The molecular formula is C18H24O6S. The van der Waals surface area contributed by atoms with Gasteiger partial charge in [0.25, 0.3) is 0 Å². The quantitative estimate of drug-likeness (QED) is 0.797. The van der Waals surface area contributed by atoms with Gasteiger partial charge in [0.15, 0.2) is 17.0 Å². The van der Waals surface area contributed by atoms with Crippen LogP contribution in [0.2, 0.25) is 0 Å². The van der Waals surface area contributed by atoms with Crippen molar-refractivity contribution < 1.29 is 27.9 Å². The maximum Gasteiger partial charge on any atom is 0.166 e. The van der Waals surface area contributed by atoms with Crippen molar-refractivity contribution in [2.45, 2.75) is 74.0 Å². The summed E-state index contributed by atoms with van der Waals surface area (Å²) in [6, 6.07) is 9.28. The highest BCUT2D eigenvalue weighted by molar-refractivity contribution is 7.85. The summed E-state index contributed by atoms with van der Waals surface area (Å²) < 4.78 is 43.2. The lowest BCUT2D eigenvalue weighted by atomic mass is 9.98. The van der Waals surface area contributed by atoms with Crippen molar-refractivity contribution in [3.63, 3.8) is 0 Å². The molecule has 1 aromatic carbocycles. The fraction of sp³-hybridized carbons (Fsp3) is 0.667. The van der Waals surface area contributed by atoms with Gasteiger partial charge < -0.3 is 23.7 Å². The van der Waals surface area contributed by atoms with Gasteiger partial charge >= 0.3 is 0 Å². The summed E-state index contributed by atoms with van der Waals surface area (Å²) in [7, 11) is -1.39. The Kier molecular flexibility index (Phi) is 4.30. The molecule has 0 amide bonds. The van der Waals surface area contributed by atoms with Gasteiger partial charge in [0.05, 0.1) is 17.4 Å². The predicted octanol–water partition coefficient (Wildman–Crippen LogP) is 2.19. The minimum absolute atomic E-state index is 0.320. The second-order valence-electron chi connectivity index (χ2n) is 7.51. The number of ether oxygens (including phenoxy) is 5. The number of fused-ring (bicyclic) bond motifs is 3. The van der Waals surface area contributed by atoms with Crippen molar-refractivity contribution in [1.82, 2.24) is 0 Å². The molecule has 0 aliphatic carbocycles. The van der Waals surface area contributed by atoms with Crippen molar-refractivity contribution >= 4 is 10.8 Å². The lowest BCUT2D eigenvalue weighted by Crippen LogP contribution is -2.64. The Morgan fingerprint density at radius 2 is 1.56 bits per heavy atom. The normalized spacial score (nSPS) is 40.1. The Hall–Kier alpha value is -0.830. The Balaban J connectivity index is 1.65. The fourth-order valence-corrected chi connectivity index (χ4v) is 4.99. The molecule has 0 saturated carbocycles. The van der Waals surface area contributed by atoms with Crippen molar-refractivity contribution in [3.8, 4) is 0 Å². The van der Waals surface area contributed by atoms with Crippen LogP contribution in [0.5, 0.6) is 0 Å². The predicted molar refractivity (Wildman–Crippen MR) is 90.2 cm³/mol. The zero-order chi connectivity index (χ0) is 17.8. The third-order valence-corrected chi connectivity index (χ3v) is 6.17. The molecule has 6 nitrogen and oxygen atoms in total. The van der Waals surface area contributed by atoms with Crippen LogP contribution in [0.15, 0.2) is 35.2 Å². The van der Waals surface area contributed by atoms with E-state index in [1.807, 2.05) is 58.0 Å². The summed E-state index contributed by atoms with van der Waals surface area (Å²) in [6.07, 6.45) is -1.48. The third-order valence-electron chi connectivity index (χ3n) is 4.63. The molecule has 25 heavy (non-hydrogen) atoms. The summed E-state index contributed by atoms with van der Waals surface area (Å²) in [5.74, 6) is -1.49. The standard InChI is InChI=1S/C18H24O6S/c1-17(2)20-10-12-13(22-17)14-15(24-18(3,4)23-14)16(21-12)25(19)11-8-6-5-7-9-11/h5-9,12-16H,10H2,1-4H3/t12-,13-,14+,15+,16-,25?/m1/s1. The monoisotopic (exact) mass is 368 g/mol. The van der Waals surface area contributed by atoms with Gasteiger partial charge in [-0.2, -0.15) is 0 Å². The highest BCUT2D eigenvalue weighted by Crippen LogP contribution is 2.43. The number of rotatable bonds is 2. The second kappa shape index (κ2) is 6.11. The Bertz CT molecular complexity index is 661. The maximum atomic E-state index is 13.1. The van der Waals surface area contributed by atoms with Gasteiger partial charge in [0.1, 0.15) is 24.4 Å². The molecule has 0 N–H and O–H groups in total. The van der Waals surface area contributed by atoms with Crippen molar-refractivity contribution in [3.05, 3.63) is 30.3 Å². The van der Waals surface area contributed by atoms with Gasteiger partial charge in [0, 0.05) is 4.90 Å². The molecule has 0 bridgehead atoms. The molecule has 138 valence electrons. The van der Waals surface area contributed by atoms with E-state index in [1.165, 1.54) is 0 Å². The average Bonchev–Trinajstić information content (AvgIpc) is 2.89. The van der Waals surface area contributed by atoms with Gasteiger partial charge in [-0.3, -0.25) is 4.21 Å². The molecule has 0 spiro atoms. The van der Waals surface area contributed by atoms with Crippen LogP contribution in [-0.2, 0) is 34.5 Å². The van der Waals surface area contributed by atoms with Crippen LogP contribution in [0.4, 0.5) is 0 Å². The molecule has 1 aromatic rings. The SMILES string of the molecule is CC1(C)OC[C@H]2O[C@H](S(=O)c3ccccc3)[C@H]3OC(C)(C)O[C@H]3[C@@H]2O1. The van der Waals surface area contributed by atoms with E-state index in [4.69, 9.17) is 23.7 Å². The molecular weight excluding hydrogens is 344 g/mol. The lowest BCUT2D eigenvalue weighted by Gasteiger charge is -2.48. The highest BCUT2D eigenvalue weighted by Gasteiger charge is 2.59. The van der Waals surface area contributed by atoms with Crippen LogP contribution in [0.1, 0.15) is 27.7 Å². The van der Waals surface area contributed by atoms with E-state index in [-0.39, 0.29) is 18.3 Å². The topological polar surface area (TPSA) is 63.2 Å². The van der Waals surface area contributed by atoms with Crippen LogP contribution in [0.3, 0.4) is 0 Å². The lowest BCUT2D eigenvalue weighted by molar-refractivity contribution is -0.342. The van der Waals surface area contributed by atoms with Crippen molar-refractivity contribution in [2.75, 3.05) is 6.61 Å². The van der Waals surface area contributed by atoms with Crippen LogP contribution < -0.4 is 0 Å². The van der Waals surface area contributed by atoms with Gasteiger partial charge in [0.2, 0.25) is 0 Å².